The Bertz CT molecular complexity index is 822. The molecule has 61 heavy (non-hydrogen) atoms. The van der Waals surface area contributed by atoms with Crippen molar-refractivity contribution in [2.24, 2.45) is 0 Å². The van der Waals surface area contributed by atoms with E-state index >= 15 is 0 Å². The molecule has 1 amide bonds. The van der Waals surface area contributed by atoms with Crippen molar-refractivity contribution in [3.8, 4) is 0 Å². The molecule has 0 aromatic rings. The molecule has 0 aliphatic heterocycles. The molecule has 0 rings (SSSR count). The molecule has 366 valence electrons. The van der Waals surface area contributed by atoms with Gasteiger partial charge in [0, 0.05) is 6.42 Å². The van der Waals surface area contributed by atoms with E-state index in [1.165, 1.54) is 270 Å². The van der Waals surface area contributed by atoms with E-state index in [-0.39, 0.29) is 12.5 Å². The van der Waals surface area contributed by atoms with Crippen molar-refractivity contribution >= 4 is 5.91 Å². The maximum Gasteiger partial charge on any atom is 0.220 e. The van der Waals surface area contributed by atoms with Gasteiger partial charge in [-0.2, -0.15) is 0 Å². The van der Waals surface area contributed by atoms with Gasteiger partial charge in [0.15, 0.2) is 0 Å². The zero-order valence-electron chi connectivity index (χ0n) is 41.8. The predicted molar refractivity (Wildman–Crippen MR) is 269 cm³/mol. The summed E-state index contributed by atoms with van der Waals surface area (Å²) in [5, 5.41) is 33.8. The molecular formula is C56H113NO4. The third kappa shape index (κ3) is 47.1. The number of carbonyl (C=O) groups excluding carboxylic acids is 1. The van der Waals surface area contributed by atoms with Crippen molar-refractivity contribution in [1.82, 2.24) is 5.32 Å². The number of unbranched alkanes of at least 4 members (excludes halogenated alkanes) is 45. The number of carbonyl (C=O) groups is 1. The summed E-state index contributed by atoms with van der Waals surface area (Å²) < 4.78 is 0. The Kier molecular flexibility index (Phi) is 51.4. The van der Waals surface area contributed by atoms with Gasteiger partial charge in [0.25, 0.3) is 0 Å². The number of aliphatic hydroxyl groups is 3. The molecular weight excluding hydrogens is 751 g/mol. The zero-order valence-corrected chi connectivity index (χ0v) is 41.8. The van der Waals surface area contributed by atoms with Crippen molar-refractivity contribution in [3.05, 3.63) is 0 Å². The fraction of sp³-hybridized carbons (Fsp3) is 0.982. The van der Waals surface area contributed by atoms with E-state index in [0.717, 1.165) is 32.1 Å². The Morgan fingerprint density at radius 3 is 0.787 bits per heavy atom. The van der Waals surface area contributed by atoms with Crippen LogP contribution in [-0.4, -0.2) is 46.1 Å². The van der Waals surface area contributed by atoms with Crippen molar-refractivity contribution < 1.29 is 20.1 Å². The fourth-order valence-electron chi connectivity index (χ4n) is 9.34. The van der Waals surface area contributed by atoms with Crippen LogP contribution in [0.5, 0.6) is 0 Å². The lowest BCUT2D eigenvalue weighted by Crippen LogP contribution is -2.50. The Morgan fingerprint density at radius 1 is 0.344 bits per heavy atom. The minimum absolute atomic E-state index is 0.136. The second kappa shape index (κ2) is 52.0. The minimum atomic E-state index is -1.13. The molecule has 0 heterocycles. The van der Waals surface area contributed by atoms with Gasteiger partial charge >= 0.3 is 0 Å². The molecule has 0 saturated carbocycles. The lowest BCUT2D eigenvalue weighted by Gasteiger charge is -2.26. The first kappa shape index (κ1) is 60.4. The second-order valence-corrected chi connectivity index (χ2v) is 19.9. The maximum absolute atomic E-state index is 12.5. The van der Waals surface area contributed by atoms with E-state index in [2.05, 4.69) is 19.2 Å². The highest BCUT2D eigenvalue weighted by Gasteiger charge is 2.26. The molecule has 0 aliphatic rings. The molecule has 0 fully saturated rings. The van der Waals surface area contributed by atoms with Crippen LogP contribution in [0.3, 0.4) is 0 Å². The molecule has 5 nitrogen and oxygen atoms in total. The Labute approximate surface area is 383 Å². The highest BCUT2D eigenvalue weighted by Crippen LogP contribution is 2.19. The van der Waals surface area contributed by atoms with Crippen LogP contribution < -0.4 is 5.32 Å². The van der Waals surface area contributed by atoms with E-state index in [0.29, 0.717) is 12.8 Å². The normalized spacial score (nSPS) is 13.2. The third-order valence-corrected chi connectivity index (χ3v) is 13.7. The van der Waals surface area contributed by atoms with E-state index in [4.69, 9.17) is 0 Å². The summed E-state index contributed by atoms with van der Waals surface area (Å²) in [6.45, 7) is 4.22. The largest absolute Gasteiger partial charge is 0.394 e. The van der Waals surface area contributed by atoms with Crippen LogP contribution in [0.4, 0.5) is 0 Å². The summed E-state index contributed by atoms with van der Waals surface area (Å²) >= 11 is 0. The van der Waals surface area contributed by atoms with Crippen LogP contribution in [0, 0.1) is 0 Å². The van der Waals surface area contributed by atoms with Crippen LogP contribution in [0.25, 0.3) is 0 Å². The van der Waals surface area contributed by atoms with Crippen molar-refractivity contribution in [3.63, 3.8) is 0 Å². The van der Waals surface area contributed by atoms with E-state index < -0.39 is 18.2 Å². The summed E-state index contributed by atoms with van der Waals surface area (Å²) in [5.41, 5.74) is 0. The minimum Gasteiger partial charge on any atom is -0.394 e. The van der Waals surface area contributed by atoms with Crippen molar-refractivity contribution in [2.75, 3.05) is 6.61 Å². The number of rotatable bonds is 53. The number of aliphatic hydroxyl groups excluding tert-OH is 3. The standard InChI is InChI=1S/C56H113NO4/c1-3-5-7-9-11-13-15-17-19-21-23-24-25-26-27-28-29-30-31-32-33-35-37-39-41-43-45-47-49-51-55(60)57-53(52-58)56(61)54(59)50-48-46-44-42-40-38-36-34-22-20-18-16-14-12-10-8-6-4-2/h53-54,56,58-59,61H,3-52H2,1-2H3,(H,57,60). The smallest absolute Gasteiger partial charge is 0.220 e. The molecule has 0 aliphatic carbocycles. The highest BCUT2D eigenvalue weighted by atomic mass is 16.3. The number of nitrogens with one attached hydrogen (secondary N) is 1. The monoisotopic (exact) mass is 864 g/mol. The third-order valence-electron chi connectivity index (χ3n) is 13.7. The van der Waals surface area contributed by atoms with E-state index in [1.54, 1.807) is 0 Å². The van der Waals surface area contributed by atoms with Gasteiger partial charge in [-0.15, -0.1) is 0 Å². The van der Waals surface area contributed by atoms with Crippen LogP contribution in [0.15, 0.2) is 0 Å². The lowest BCUT2D eigenvalue weighted by atomic mass is 9.99. The van der Waals surface area contributed by atoms with Gasteiger partial charge in [-0.25, -0.2) is 0 Å². The summed E-state index contributed by atoms with van der Waals surface area (Å²) in [4.78, 5) is 12.5. The highest BCUT2D eigenvalue weighted by molar-refractivity contribution is 5.76. The summed E-state index contributed by atoms with van der Waals surface area (Å²) in [6.07, 6.45) is 62.6. The van der Waals surface area contributed by atoms with Crippen LogP contribution in [0.2, 0.25) is 0 Å². The second-order valence-electron chi connectivity index (χ2n) is 19.9. The molecule has 5 heteroatoms. The van der Waals surface area contributed by atoms with E-state index in [1.807, 2.05) is 0 Å². The molecule has 0 aromatic carbocycles. The predicted octanol–water partition coefficient (Wildman–Crippen LogP) is 17.3. The maximum atomic E-state index is 12.5. The van der Waals surface area contributed by atoms with Gasteiger partial charge in [0.1, 0.15) is 6.10 Å². The van der Waals surface area contributed by atoms with Gasteiger partial charge in [-0.05, 0) is 12.8 Å². The van der Waals surface area contributed by atoms with Crippen LogP contribution in [0.1, 0.15) is 328 Å². The number of hydrogen-bond acceptors (Lipinski definition) is 4. The molecule has 4 N–H and O–H groups in total. The topological polar surface area (TPSA) is 89.8 Å². The molecule has 0 bridgehead atoms. The summed E-state index contributed by atoms with van der Waals surface area (Å²) in [7, 11) is 0. The quantitative estimate of drug-likeness (QED) is 0.0459. The lowest BCUT2D eigenvalue weighted by molar-refractivity contribution is -0.124. The van der Waals surface area contributed by atoms with Crippen molar-refractivity contribution in [2.45, 2.75) is 347 Å². The summed E-state index contributed by atoms with van der Waals surface area (Å²) in [5.74, 6) is -0.136. The fourth-order valence-corrected chi connectivity index (χ4v) is 9.34. The van der Waals surface area contributed by atoms with Gasteiger partial charge in [-0.3, -0.25) is 4.79 Å². The Balaban J connectivity index is 3.47. The van der Waals surface area contributed by atoms with E-state index in [9.17, 15) is 20.1 Å². The average Bonchev–Trinajstić information content (AvgIpc) is 3.26. The first-order valence-corrected chi connectivity index (χ1v) is 28.3. The van der Waals surface area contributed by atoms with Crippen molar-refractivity contribution in [1.29, 1.82) is 0 Å². The van der Waals surface area contributed by atoms with Crippen LogP contribution in [-0.2, 0) is 4.79 Å². The van der Waals surface area contributed by atoms with Gasteiger partial charge in [-0.1, -0.05) is 309 Å². The molecule has 3 unspecified atom stereocenters. The molecule has 0 radical (unpaired) electrons. The molecule has 3 atom stereocenters. The first-order valence-electron chi connectivity index (χ1n) is 28.3. The molecule has 0 saturated heterocycles. The summed E-state index contributed by atoms with van der Waals surface area (Å²) in [6, 6.07) is -0.804. The van der Waals surface area contributed by atoms with Gasteiger partial charge in [0.05, 0.1) is 18.8 Å². The zero-order chi connectivity index (χ0) is 44.4. The van der Waals surface area contributed by atoms with Crippen LogP contribution >= 0.6 is 0 Å². The molecule has 0 aromatic heterocycles. The Morgan fingerprint density at radius 2 is 0.557 bits per heavy atom. The average molecular weight is 865 g/mol. The SMILES string of the molecule is CCCCCCCCCCCCCCCCCCCCCCCCCCCCCCCC(=O)NC(CO)C(O)C(O)CCCCCCCCCCCCCCCCCCCC. The number of hydrogen-bond donors (Lipinski definition) is 4. The first-order chi connectivity index (χ1) is 30.1. The molecule has 0 spiro atoms. The van der Waals surface area contributed by atoms with Gasteiger partial charge < -0.3 is 20.6 Å². The Hall–Kier alpha value is -0.650. The number of amides is 1. The van der Waals surface area contributed by atoms with Gasteiger partial charge in [0.2, 0.25) is 5.91 Å².